The van der Waals surface area contributed by atoms with Crippen molar-refractivity contribution in [3.05, 3.63) is 95.4 Å². The molecule has 1 heterocycles. The van der Waals surface area contributed by atoms with Crippen molar-refractivity contribution >= 4 is 6.08 Å². The van der Waals surface area contributed by atoms with Crippen LogP contribution in [0.3, 0.4) is 0 Å². The highest BCUT2D eigenvalue weighted by Crippen LogP contribution is 2.28. The third-order valence-corrected chi connectivity index (χ3v) is 3.75. The molecule has 0 radical (unpaired) electrons. The van der Waals surface area contributed by atoms with E-state index in [1.807, 2.05) is 85.8 Å². The summed E-state index contributed by atoms with van der Waals surface area (Å²) in [6.07, 6.45) is 4.08. The van der Waals surface area contributed by atoms with Gasteiger partial charge in [-0.05, 0) is 24.1 Å². The summed E-state index contributed by atoms with van der Waals surface area (Å²) < 4.78 is 5.29. The topological polar surface area (TPSA) is 46.3 Å². The lowest BCUT2D eigenvalue weighted by Crippen LogP contribution is -2.25. The molecule has 23 heavy (non-hydrogen) atoms. The lowest BCUT2D eigenvalue weighted by atomic mass is 9.88. The molecule has 0 bridgehead atoms. The van der Waals surface area contributed by atoms with E-state index in [4.69, 9.17) is 4.52 Å². The van der Waals surface area contributed by atoms with E-state index in [1.54, 1.807) is 0 Å². The molecule has 2 aromatic carbocycles. The van der Waals surface area contributed by atoms with E-state index in [1.165, 1.54) is 0 Å². The number of aryl methyl sites for hydroxylation is 1. The zero-order valence-corrected chi connectivity index (χ0v) is 13.0. The van der Waals surface area contributed by atoms with Crippen LogP contribution in [0, 0.1) is 6.92 Å². The van der Waals surface area contributed by atoms with Gasteiger partial charge in [0, 0.05) is 12.5 Å². The summed E-state index contributed by atoms with van der Waals surface area (Å²) >= 11 is 0. The molecule has 0 saturated carbocycles. The Hall–Kier alpha value is -2.65. The fourth-order valence-electron chi connectivity index (χ4n) is 2.55. The van der Waals surface area contributed by atoms with Gasteiger partial charge in [0.25, 0.3) is 0 Å². The van der Waals surface area contributed by atoms with Crippen molar-refractivity contribution < 1.29 is 9.63 Å². The van der Waals surface area contributed by atoms with Crippen LogP contribution in [-0.2, 0) is 12.0 Å². The van der Waals surface area contributed by atoms with E-state index in [-0.39, 0.29) is 0 Å². The van der Waals surface area contributed by atoms with Crippen LogP contribution in [-0.4, -0.2) is 10.3 Å². The first-order valence-electron chi connectivity index (χ1n) is 7.60. The van der Waals surface area contributed by atoms with Crippen LogP contribution in [0.15, 0.2) is 77.3 Å². The van der Waals surface area contributed by atoms with E-state index >= 15 is 0 Å². The second-order valence-corrected chi connectivity index (χ2v) is 5.65. The first-order valence-corrected chi connectivity index (χ1v) is 7.60. The quantitative estimate of drug-likeness (QED) is 0.771. The molecule has 0 aliphatic heterocycles. The molecule has 0 amide bonds. The molecule has 0 aliphatic carbocycles. The Balaban J connectivity index is 1.94. The van der Waals surface area contributed by atoms with E-state index < -0.39 is 5.60 Å². The third-order valence-electron chi connectivity index (χ3n) is 3.75. The number of hydrogen-bond donors (Lipinski definition) is 1. The highest BCUT2D eigenvalue weighted by atomic mass is 16.5. The molecule has 0 spiro atoms. The first-order chi connectivity index (χ1) is 11.2. The molecule has 1 atom stereocenters. The van der Waals surface area contributed by atoms with Gasteiger partial charge < -0.3 is 9.63 Å². The van der Waals surface area contributed by atoms with Gasteiger partial charge in [-0.25, -0.2) is 0 Å². The van der Waals surface area contributed by atoms with Crippen molar-refractivity contribution in [3.8, 4) is 0 Å². The molecule has 3 nitrogen and oxygen atoms in total. The highest BCUT2D eigenvalue weighted by molar-refractivity contribution is 5.51. The Bertz CT molecular complexity index is 778. The van der Waals surface area contributed by atoms with Crippen molar-refractivity contribution in [3.63, 3.8) is 0 Å². The first kappa shape index (κ1) is 15.3. The predicted octanol–water partition coefficient (Wildman–Crippen LogP) is 4.13. The second kappa shape index (κ2) is 6.63. The largest absolute Gasteiger partial charge is 0.381 e. The van der Waals surface area contributed by atoms with Crippen LogP contribution in [0.4, 0.5) is 0 Å². The molecule has 1 N–H and O–H groups in total. The smallest absolute Gasteiger partial charge is 0.140 e. The Morgan fingerprint density at radius 1 is 1.04 bits per heavy atom. The van der Waals surface area contributed by atoms with E-state index in [0.717, 1.165) is 16.8 Å². The molecular weight excluding hydrogens is 286 g/mol. The van der Waals surface area contributed by atoms with Crippen molar-refractivity contribution in [1.29, 1.82) is 0 Å². The summed E-state index contributed by atoms with van der Waals surface area (Å²) in [6, 6.07) is 21.4. The van der Waals surface area contributed by atoms with Crippen LogP contribution in [0.5, 0.6) is 0 Å². The molecule has 3 rings (SSSR count). The van der Waals surface area contributed by atoms with Gasteiger partial charge in [0.2, 0.25) is 0 Å². The van der Waals surface area contributed by atoms with Crippen LogP contribution in [0.2, 0.25) is 0 Å². The number of nitrogens with zero attached hydrogens (tertiary/aromatic N) is 1. The van der Waals surface area contributed by atoms with Crippen molar-refractivity contribution in [1.82, 2.24) is 5.16 Å². The fraction of sp³-hybridized carbons (Fsp3) is 0.150. The SMILES string of the molecule is Cc1cc(C[C@@](O)(/C=C/c2ccccc2)c2ccccc2)on1. The van der Waals surface area contributed by atoms with Crippen molar-refractivity contribution in [2.45, 2.75) is 18.9 Å². The van der Waals surface area contributed by atoms with Crippen molar-refractivity contribution in [2.75, 3.05) is 0 Å². The standard InChI is InChI=1S/C20H19NO2/c1-16-14-19(23-21-16)15-20(22,18-10-6-3-7-11-18)13-12-17-8-4-2-5-9-17/h2-14,22H,15H2,1H3/b13-12+/t20-/m0/s1. The summed E-state index contributed by atoms with van der Waals surface area (Å²) in [5.74, 6) is 0.659. The molecule has 0 aliphatic rings. The van der Waals surface area contributed by atoms with Gasteiger partial charge in [0.1, 0.15) is 11.4 Å². The van der Waals surface area contributed by atoms with Crippen LogP contribution >= 0.6 is 0 Å². The Morgan fingerprint density at radius 3 is 2.30 bits per heavy atom. The predicted molar refractivity (Wildman–Crippen MR) is 90.8 cm³/mol. The monoisotopic (exact) mass is 305 g/mol. The summed E-state index contributed by atoms with van der Waals surface area (Å²) in [7, 11) is 0. The van der Waals surface area contributed by atoms with Gasteiger partial charge in [0.15, 0.2) is 0 Å². The molecular formula is C20H19NO2. The minimum Gasteiger partial charge on any atom is -0.381 e. The minimum absolute atomic E-state index is 0.335. The van der Waals surface area contributed by atoms with E-state index in [9.17, 15) is 5.11 Å². The van der Waals surface area contributed by atoms with Gasteiger partial charge in [-0.3, -0.25) is 0 Å². The molecule has 116 valence electrons. The normalized spacial score (nSPS) is 14.0. The van der Waals surface area contributed by atoms with Gasteiger partial charge in [-0.1, -0.05) is 71.9 Å². The Kier molecular flexibility index (Phi) is 4.40. The molecule has 3 aromatic rings. The summed E-state index contributed by atoms with van der Waals surface area (Å²) in [5, 5.41) is 15.1. The van der Waals surface area contributed by atoms with Crippen molar-refractivity contribution in [2.24, 2.45) is 0 Å². The van der Waals surface area contributed by atoms with Gasteiger partial charge in [-0.15, -0.1) is 0 Å². The lowest BCUT2D eigenvalue weighted by molar-refractivity contribution is 0.0825. The number of aromatic nitrogens is 1. The number of benzene rings is 2. The average Bonchev–Trinajstić information content (AvgIpc) is 2.99. The maximum absolute atomic E-state index is 11.2. The molecule has 0 saturated heterocycles. The van der Waals surface area contributed by atoms with Crippen LogP contribution in [0.25, 0.3) is 6.08 Å². The summed E-state index contributed by atoms with van der Waals surface area (Å²) in [5.41, 5.74) is 1.52. The molecule has 0 unspecified atom stereocenters. The molecule has 3 heteroatoms. The minimum atomic E-state index is -1.15. The number of rotatable bonds is 5. The highest BCUT2D eigenvalue weighted by Gasteiger charge is 2.28. The fourth-order valence-corrected chi connectivity index (χ4v) is 2.55. The van der Waals surface area contributed by atoms with Gasteiger partial charge >= 0.3 is 0 Å². The summed E-state index contributed by atoms with van der Waals surface area (Å²) in [4.78, 5) is 0. The van der Waals surface area contributed by atoms with Gasteiger partial charge in [0.05, 0.1) is 5.69 Å². The Morgan fingerprint density at radius 2 is 1.70 bits per heavy atom. The molecule has 0 fully saturated rings. The second-order valence-electron chi connectivity index (χ2n) is 5.65. The number of aliphatic hydroxyl groups is 1. The number of hydrogen-bond acceptors (Lipinski definition) is 3. The third kappa shape index (κ3) is 3.76. The van der Waals surface area contributed by atoms with Crippen LogP contribution < -0.4 is 0 Å². The van der Waals surface area contributed by atoms with Gasteiger partial charge in [-0.2, -0.15) is 0 Å². The Labute approximate surface area is 135 Å². The lowest BCUT2D eigenvalue weighted by Gasteiger charge is -2.24. The zero-order valence-electron chi connectivity index (χ0n) is 13.0. The zero-order chi connectivity index (χ0) is 16.1. The van der Waals surface area contributed by atoms with E-state index in [0.29, 0.717) is 12.2 Å². The maximum atomic E-state index is 11.2. The van der Waals surface area contributed by atoms with E-state index in [2.05, 4.69) is 5.16 Å². The summed E-state index contributed by atoms with van der Waals surface area (Å²) in [6.45, 7) is 1.87. The molecule has 1 aromatic heterocycles. The van der Waals surface area contributed by atoms with Crippen LogP contribution in [0.1, 0.15) is 22.6 Å². The maximum Gasteiger partial charge on any atom is 0.140 e. The average molecular weight is 305 g/mol.